The van der Waals surface area contributed by atoms with Crippen LogP contribution in [0, 0.1) is 12.8 Å². The summed E-state index contributed by atoms with van der Waals surface area (Å²) in [6.45, 7) is 10.8. The van der Waals surface area contributed by atoms with E-state index in [1.807, 2.05) is 6.92 Å². The molecule has 5 heteroatoms. The SMILES string of the molecule is CCC(C)CCC(C)(CC)OCCOS(=O)(=O)c1ccc(C)cc1. The molecular weight excluding hydrogens is 324 g/mol. The van der Waals surface area contributed by atoms with Gasteiger partial charge < -0.3 is 4.74 Å². The molecule has 4 nitrogen and oxygen atoms in total. The topological polar surface area (TPSA) is 52.6 Å². The first kappa shape index (κ1) is 21.1. The molecule has 1 aromatic carbocycles. The normalized spacial score (nSPS) is 15.9. The highest BCUT2D eigenvalue weighted by molar-refractivity contribution is 7.86. The molecule has 0 aliphatic rings. The highest BCUT2D eigenvalue weighted by atomic mass is 32.2. The van der Waals surface area contributed by atoms with Crippen molar-refractivity contribution in [3.05, 3.63) is 29.8 Å². The first-order chi connectivity index (χ1) is 11.2. The van der Waals surface area contributed by atoms with Gasteiger partial charge in [0.05, 0.1) is 23.7 Å². The van der Waals surface area contributed by atoms with E-state index in [-0.39, 0.29) is 23.7 Å². The van der Waals surface area contributed by atoms with Gasteiger partial charge in [-0.1, -0.05) is 44.9 Å². The maximum absolute atomic E-state index is 12.1. The monoisotopic (exact) mass is 356 g/mol. The largest absolute Gasteiger partial charge is 0.373 e. The van der Waals surface area contributed by atoms with Gasteiger partial charge >= 0.3 is 0 Å². The molecule has 0 saturated carbocycles. The van der Waals surface area contributed by atoms with Crippen LogP contribution in [0.5, 0.6) is 0 Å². The second-order valence-corrected chi connectivity index (χ2v) is 8.41. The number of hydrogen-bond acceptors (Lipinski definition) is 4. The molecule has 0 aliphatic heterocycles. The molecule has 0 heterocycles. The van der Waals surface area contributed by atoms with Gasteiger partial charge in [-0.25, -0.2) is 0 Å². The van der Waals surface area contributed by atoms with E-state index in [0.29, 0.717) is 5.92 Å². The first-order valence-corrected chi connectivity index (χ1v) is 10.2. The van der Waals surface area contributed by atoms with Crippen molar-refractivity contribution >= 4 is 10.1 Å². The summed E-state index contributed by atoms with van der Waals surface area (Å²) in [6.07, 6.45) is 4.15. The lowest BCUT2D eigenvalue weighted by Gasteiger charge is -2.29. The fourth-order valence-corrected chi connectivity index (χ4v) is 3.20. The standard InChI is InChI=1S/C19H32O4S/c1-6-16(3)12-13-19(5,7-2)22-14-15-23-24(20,21)18-10-8-17(4)9-11-18/h8-11,16H,6-7,12-15H2,1-5H3. The Morgan fingerprint density at radius 3 is 2.29 bits per heavy atom. The molecule has 0 aliphatic carbocycles. The molecule has 1 aromatic rings. The molecule has 0 spiro atoms. The van der Waals surface area contributed by atoms with Gasteiger partial charge in [0, 0.05) is 0 Å². The minimum atomic E-state index is -3.71. The zero-order valence-corrected chi connectivity index (χ0v) is 16.5. The van der Waals surface area contributed by atoms with E-state index in [1.54, 1.807) is 24.3 Å². The van der Waals surface area contributed by atoms with Crippen molar-refractivity contribution in [2.45, 2.75) is 70.8 Å². The molecule has 0 bridgehead atoms. The fourth-order valence-electron chi connectivity index (χ4n) is 2.31. The first-order valence-electron chi connectivity index (χ1n) is 8.82. The van der Waals surface area contributed by atoms with E-state index >= 15 is 0 Å². The summed E-state index contributed by atoms with van der Waals surface area (Å²) in [5.41, 5.74) is 0.790. The van der Waals surface area contributed by atoms with E-state index in [0.717, 1.165) is 31.2 Å². The summed E-state index contributed by atoms with van der Waals surface area (Å²) < 4.78 is 35.3. The van der Waals surface area contributed by atoms with Crippen molar-refractivity contribution in [3.63, 3.8) is 0 Å². The number of hydrogen-bond donors (Lipinski definition) is 0. The third-order valence-electron chi connectivity index (χ3n) is 4.69. The average molecular weight is 357 g/mol. The van der Waals surface area contributed by atoms with Gasteiger partial charge in [-0.15, -0.1) is 0 Å². The third-order valence-corrected chi connectivity index (χ3v) is 6.02. The quantitative estimate of drug-likeness (QED) is 0.425. The fraction of sp³-hybridized carbons (Fsp3) is 0.684. The lowest BCUT2D eigenvalue weighted by molar-refractivity contribution is -0.0530. The molecule has 0 saturated heterocycles. The Labute approximate surface area is 147 Å². The van der Waals surface area contributed by atoms with E-state index < -0.39 is 10.1 Å². The summed E-state index contributed by atoms with van der Waals surface area (Å²) in [4.78, 5) is 0.183. The number of benzene rings is 1. The van der Waals surface area contributed by atoms with Gasteiger partial charge in [0.25, 0.3) is 10.1 Å². The summed E-state index contributed by atoms with van der Waals surface area (Å²) >= 11 is 0. The Morgan fingerprint density at radius 2 is 1.75 bits per heavy atom. The lowest BCUT2D eigenvalue weighted by atomic mass is 9.91. The van der Waals surface area contributed by atoms with Gasteiger partial charge in [0.1, 0.15) is 0 Å². The molecule has 2 unspecified atom stereocenters. The Hall–Kier alpha value is -0.910. The molecule has 0 radical (unpaired) electrons. The van der Waals surface area contributed by atoms with Gasteiger partial charge in [0.2, 0.25) is 0 Å². The minimum Gasteiger partial charge on any atom is -0.373 e. The molecule has 0 fully saturated rings. The van der Waals surface area contributed by atoms with E-state index in [9.17, 15) is 8.42 Å². The zero-order valence-electron chi connectivity index (χ0n) is 15.7. The smallest absolute Gasteiger partial charge is 0.297 e. The van der Waals surface area contributed by atoms with E-state index in [2.05, 4.69) is 27.7 Å². The van der Waals surface area contributed by atoms with Crippen molar-refractivity contribution in [3.8, 4) is 0 Å². The molecular formula is C19H32O4S. The molecule has 0 N–H and O–H groups in total. The van der Waals surface area contributed by atoms with Crippen LogP contribution < -0.4 is 0 Å². The van der Waals surface area contributed by atoms with Crippen LogP contribution in [-0.4, -0.2) is 27.2 Å². The van der Waals surface area contributed by atoms with Gasteiger partial charge in [-0.3, -0.25) is 4.18 Å². The van der Waals surface area contributed by atoms with Gasteiger partial charge in [-0.2, -0.15) is 8.42 Å². The second kappa shape index (κ2) is 9.54. The highest BCUT2D eigenvalue weighted by Crippen LogP contribution is 2.25. The second-order valence-electron chi connectivity index (χ2n) is 6.79. The number of ether oxygens (including phenoxy) is 1. The van der Waals surface area contributed by atoms with Crippen LogP contribution in [0.4, 0.5) is 0 Å². The average Bonchev–Trinajstić information content (AvgIpc) is 2.57. The molecule has 24 heavy (non-hydrogen) atoms. The Bertz CT molecular complexity index is 580. The lowest BCUT2D eigenvalue weighted by Crippen LogP contribution is -2.30. The van der Waals surface area contributed by atoms with Crippen LogP contribution in [-0.2, 0) is 19.0 Å². The molecule has 2 atom stereocenters. The van der Waals surface area contributed by atoms with Crippen molar-refractivity contribution in [1.29, 1.82) is 0 Å². The van der Waals surface area contributed by atoms with Crippen molar-refractivity contribution < 1.29 is 17.3 Å². The molecule has 1 rings (SSSR count). The van der Waals surface area contributed by atoms with Crippen LogP contribution in [0.15, 0.2) is 29.2 Å². The molecule has 0 amide bonds. The van der Waals surface area contributed by atoms with Crippen molar-refractivity contribution in [1.82, 2.24) is 0 Å². The Morgan fingerprint density at radius 1 is 1.12 bits per heavy atom. The zero-order chi connectivity index (χ0) is 18.2. The number of aryl methyl sites for hydroxylation is 1. The summed E-state index contributed by atoms with van der Waals surface area (Å²) in [7, 11) is -3.71. The summed E-state index contributed by atoms with van der Waals surface area (Å²) in [6, 6.07) is 6.65. The van der Waals surface area contributed by atoms with Crippen molar-refractivity contribution in [2.24, 2.45) is 5.92 Å². The van der Waals surface area contributed by atoms with Crippen LogP contribution in [0.2, 0.25) is 0 Å². The maximum atomic E-state index is 12.1. The maximum Gasteiger partial charge on any atom is 0.297 e. The predicted octanol–water partition coefficient (Wildman–Crippen LogP) is 4.71. The Kier molecular flexibility index (Phi) is 8.40. The molecule has 0 aromatic heterocycles. The van der Waals surface area contributed by atoms with Crippen molar-refractivity contribution in [2.75, 3.05) is 13.2 Å². The molecule has 138 valence electrons. The van der Waals surface area contributed by atoms with Crippen LogP contribution in [0.3, 0.4) is 0 Å². The van der Waals surface area contributed by atoms with Crippen LogP contribution in [0.25, 0.3) is 0 Å². The summed E-state index contributed by atoms with van der Waals surface area (Å²) in [5.74, 6) is 0.678. The third kappa shape index (κ3) is 6.91. The number of rotatable bonds is 11. The summed E-state index contributed by atoms with van der Waals surface area (Å²) in [5, 5.41) is 0. The van der Waals surface area contributed by atoms with Gasteiger partial charge in [0.15, 0.2) is 0 Å². The predicted molar refractivity (Wildman–Crippen MR) is 97.7 cm³/mol. The van der Waals surface area contributed by atoms with Crippen LogP contribution >= 0.6 is 0 Å². The minimum absolute atomic E-state index is 0.0368. The van der Waals surface area contributed by atoms with E-state index in [4.69, 9.17) is 8.92 Å². The Balaban J connectivity index is 2.46. The highest BCUT2D eigenvalue weighted by Gasteiger charge is 2.23. The van der Waals surface area contributed by atoms with Crippen LogP contribution in [0.1, 0.15) is 58.9 Å². The van der Waals surface area contributed by atoms with E-state index in [1.165, 1.54) is 0 Å². The van der Waals surface area contributed by atoms with Gasteiger partial charge in [-0.05, 0) is 51.2 Å².